The van der Waals surface area contributed by atoms with Gasteiger partial charge in [0.2, 0.25) is 0 Å². The van der Waals surface area contributed by atoms with Crippen molar-refractivity contribution in [3.8, 4) is 0 Å². The van der Waals surface area contributed by atoms with E-state index in [4.69, 9.17) is 4.74 Å². The molecule has 0 aromatic rings. The summed E-state index contributed by atoms with van der Waals surface area (Å²) in [6.45, 7) is 12.6. The summed E-state index contributed by atoms with van der Waals surface area (Å²) < 4.78 is 9.31. The molecule has 0 bridgehead atoms. The van der Waals surface area contributed by atoms with Crippen molar-refractivity contribution in [2.75, 3.05) is 13.7 Å². The lowest BCUT2D eigenvalue weighted by Crippen LogP contribution is -2.37. The van der Waals surface area contributed by atoms with E-state index in [9.17, 15) is 4.79 Å². The number of ether oxygens (including phenoxy) is 2. The molecule has 0 atom stereocenters. The van der Waals surface area contributed by atoms with Gasteiger partial charge in [-0.25, -0.2) is 4.79 Å². The second kappa shape index (κ2) is 6.44. The molecule has 0 aliphatic carbocycles. The first-order chi connectivity index (χ1) is 7.16. The van der Waals surface area contributed by atoms with Crippen molar-refractivity contribution < 1.29 is 14.3 Å². The molecule has 0 saturated heterocycles. The third kappa shape index (κ3) is 8.97. The molecule has 0 aliphatic heterocycles. The Morgan fingerprint density at radius 2 is 1.69 bits per heavy atom. The minimum atomic E-state index is -1.09. The molecule has 0 aliphatic rings. The van der Waals surface area contributed by atoms with E-state index in [1.807, 2.05) is 0 Å². The van der Waals surface area contributed by atoms with Crippen molar-refractivity contribution >= 4 is 22.3 Å². The highest BCUT2D eigenvalue weighted by molar-refractivity contribution is 6.94. The first-order valence-corrected chi connectivity index (χ1v) is 13.0. The number of carbonyl (C=O) groups excluding carboxylic acids is 1. The third-order valence-corrected chi connectivity index (χ3v) is 12.2. The van der Waals surface area contributed by atoms with E-state index in [2.05, 4.69) is 37.5 Å². The molecule has 0 aromatic heterocycles. The Kier molecular flexibility index (Phi) is 6.32. The number of hydrogen-bond donors (Lipinski definition) is 0. The topological polar surface area (TPSA) is 35.5 Å². The summed E-state index contributed by atoms with van der Waals surface area (Å²) in [6.07, 6.45) is 0.406. The van der Waals surface area contributed by atoms with Crippen LogP contribution >= 0.6 is 0 Å². The Labute approximate surface area is 102 Å². The van der Waals surface area contributed by atoms with Gasteiger partial charge in [0.05, 0.1) is 13.7 Å². The quantitative estimate of drug-likeness (QED) is 0.415. The maximum Gasteiger partial charge on any atom is 0.507 e. The van der Waals surface area contributed by atoms with Gasteiger partial charge in [-0.15, -0.1) is 0 Å². The molecule has 0 aromatic carbocycles. The molecule has 0 radical (unpaired) electrons. The van der Waals surface area contributed by atoms with Crippen molar-refractivity contribution in [3.05, 3.63) is 0 Å². The van der Waals surface area contributed by atoms with E-state index in [-0.39, 0.29) is 0 Å². The van der Waals surface area contributed by atoms with Gasteiger partial charge in [0.1, 0.15) is 0 Å². The van der Waals surface area contributed by atoms with E-state index in [0.29, 0.717) is 6.61 Å². The fraction of sp³-hybridized carbons (Fsp3) is 0.909. The van der Waals surface area contributed by atoms with Crippen LogP contribution in [0.1, 0.15) is 6.42 Å². The Bertz CT molecular complexity index is 222. The Morgan fingerprint density at radius 3 is 2.12 bits per heavy atom. The minimum absolute atomic E-state index is 0.495. The minimum Gasteiger partial charge on any atom is -0.438 e. The second-order valence-corrected chi connectivity index (χ2v) is 17.7. The molecule has 0 amide bonds. The molecular formula is C11H26O3Si2. The smallest absolute Gasteiger partial charge is 0.438 e. The van der Waals surface area contributed by atoms with Crippen LogP contribution in [-0.2, 0) is 9.47 Å². The summed E-state index contributed by atoms with van der Waals surface area (Å²) in [5.41, 5.74) is 1.44. The van der Waals surface area contributed by atoms with E-state index in [1.54, 1.807) is 0 Å². The molecular weight excluding hydrogens is 236 g/mol. The molecule has 5 heteroatoms. The third-order valence-electron chi connectivity index (χ3n) is 2.39. The van der Waals surface area contributed by atoms with Gasteiger partial charge < -0.3 is 9.47 Å². The molecule has 0 heterocycles. The highest BCUT2D eigenvalue weighted by atomic mass is 28.4. The normalized spacial score (nSPS) is 12.4. The van der Waals surface area contributed by atoms with Crippen LogP contribution in [0.4, 0.5) is 4.79 Å². The molecule has 0 fully saturated rings. The van der Waals surface area contributed by atoms with Gasteiger partial charge in [-0.2, -0.15) is 0 Å². The van der Waals surface area contributed by atoms with Crippen molar-refractivity contribution in [1.82, 2.24) is 0 Å². The van der Waals surface area contributed by atoms with E-state index < -0.39 is 22.3 Å². The van der Waals surface area contributed by atoms with E-state index in [1.165, 1.54) is 18.8 Å². The first-order valence-electron chi connectivity index (χ1n) is 5.87. The Balaban J connectivity index is 3.78. The molecule has 0 unspecified atom stereocenters. The van der Waals surface area contributed by atoms with E-state index in [0.717, 1.165) is 6.42 Å². The predicted octanol–water partition coefficient (Wildman–Crippen LogP) is 3.75. The maximum atomic E-state index is 10.7. The van der Waals surface area contributed by atoms with Crippen LogP contribution in [0.25, 0.3) is 0 Å². The molecule has 0 rings (SSSR count). The van der Waals surface area contributed by atoms with Gasteiger partial charge in [-0.1, -0.05) is 44.4 Å². The number of hydrogen-bond acceptors (Lipinski definition) is 3. The van der Waals surface area contributed by atoms with Crippen LogP contribution in [0.15, 0.2) is 0 Å². The first kappa shape index (κ1) is 15.7. The Morgan fingerprint density at radius 1 is 1.12 bits per heavy atom. The largest absolute Gasteiger partial charge is 0.507 e. The SMILES string of the molecule is COC(=O)OCCC[Si](C)(C)C[Si](C)(C)C. The van der Waals surface area contributed by atoms with Gasteiger partial charge in [0.25, 0.3) is 0 Å². The average molecular weight is 262 g/mol. The summed E-state index contributed by atoms with van der Waals surface area (Å²) in [5.74, 6) is 0. The van der Waals surface area contributed by atoms with Crippen LogP contribution in [0.2, 0.25) is 44.4 Å². The van der Waals surface area contributed by atoms with Crippen molar-refractivity contribution in [2.45, 2.75) is 50.9 Å². The zero-order valence-corrected chi connectivity index (χ0v) is 13.6. The van der Waals surface area contributed by atoms with Crippen LogP contribution in [0.3, 0.4) is 0 Å². The van der Waals surface area contributed by atoms with Gasteiger partial charge in [0.15, 0.2) is 0 Å². The lowest BCUT2D eigenvalue weighted by molar-refractivity contribution is 0.0728. The van der Waals surface area contributed by atoms with Crippen LogP contribution in [0.5, 0.6) is 0 Å². The zero-order valence-electron chi connectivity index (χ0n) is 11.6. The monoisotopic (exact) mass is 262 g/mol. The number of methoxy groups -OCH3 is 1. The summed E-state index contributed by atoms with van der Waals surface area (Å²) in [7, 11) is -0.704. The standard InChI is InChI=1S/C11H26O3Si2/c1-13-11(12)14-8-7-9-16(5,6)10-15(2,3)4/h7-10H2,1-6H3. The molecule has 3 nitrogen and oxygen atoms in total. The predicted molar refractivity (Wildman–Crippen MR) is 73.4 cm³/mol. The average Bonchev–Trinajstić information content (AvgIpc) is 2.08. The highest BCUT2D eigenvalue weighted by Crippen LogP contribution is 2.24. The number of rotatable bonds is 6. The summed E-state index contributed by atoms with van der Waals surface area (Å²) in [6, 6.07) is 1.23. The molecule has 96 valence electrons. The van der Waals surface area contributed by atoms with Gasteiger partial charge in [-0.3, -0.25) is 0 Å². The van der Waals surface area contributed by atoms with Gasteiger partial charge in [0, 0.05) is 16.1 Å². The highest BCUT2D eigenvalue weighted by Gasteiger charge is 2.27. The van der Waals surface area contributed by atoms with Crippen LogP contribution in [0, 0.1) is 0 Å². The lowest BCUT2D eigenvalue weighted by atomic mass is 10.5. The Hall–Kier alpha value is -0.296. The second-order valence-electron chi connectivity index (χ2n) is 6.31. The fourth-order valence-corrected chi connectivity index (χ4v) is 15.6. The van der Waals surface area contributed by atoms with Crippen molar-refractivity contribution in [2.24, 2.45) is 0 Å². The molecule has 0 spiro atoms. The summed E-state index contributed by atoms with van der Waals surface area (Å²) in [5, 5.41) is 0. The van der Waals surface area contributed by atoms with E-state index >= 15 is 0 Å². The number of carbonyl (C=O) groups is 1. The molecule has 0 N–H and O–H groups in total. The molecule has 0 saturated carbocycles. The van der Waals surface area contributed by atoms with Crippen LogP contribution < -0.4 is 0 Å². The zero-order chi connectivity index (χ0) is 12.8. The van der Waals surface area contributed by atoms with Crippen molar-refractivity contribution in [1.29, 1.82) is 0 Å². The van der Waals surface area contributed by atoms with Crippen LogP contribution in [-0.4, -0.2) is 36.0 Å². The van der Waals surface area contributed by atoms with Gasteiger partial charge in [-0.05, 0) is 6.42 Å². The maximum absolute atomic E-state index is 10.7. The lowest BCUT2D eigenvalue weighted by Gasteiger charge is -2.29. The fourth-order valence-electron chi connectivity index (χ4n) is 2.29. The summed E-state index contributed by atoms with van der Waals surface area (Å²) in [4.78, 5) is 10.7. The van der Waals surface area contributed by atoms with Gasteiger partial charge >= 0.3 is 6.16 Å². The van der Waals surface area contributed by atoms with Crippen molar-refractivity contribution in [3.63, 3.8) is 0 Å². The molecule has 16 heavy (non-hydrogen) atoms. The summed E-state index contributed by atoms with van der Waals surface area (Å²) >= 11 is 0.